The van der Waals surface area contributed by atoms with Crippen LogP contribution in [0.4, 0.5) is 10.5 Å². The second-order valence-electron chi connectivity index (χ2n) is 12.4. The molecule has 1 fully saturated rings. The zero-order chi connectivity index (χ0) is 29.7. The van der Waals surface area contributed by atoms with Gasteiger partial charge in [-0.2, -0.15) is 0 Å². The summed E-state index contributed by atoms with van der Waals surface area (Å²) in [4.78, 5) is 36.8. The average molecular weight is 571 g/mol. The molecule has 9 nitrogen and oxygen atoms in total. The molecule has 0 spiro atoms. The topological polar surface area (TPSA) is 101 Å². The molecule has 3 aromatic rings. The second kappa shape index (κ2) is 12.9. The summed E-state index contributed by atoms with van der Waals surface area (Å²) in [5.74, 6) is -0.238. The number of anilines is 1. The Balaban J connectivity index is 1.33. The number of hydrogen-bond donors (Lipinski definition) is 2. The smallest absolute Gasteiger partial charge is 0.407 e. The molecule has 1 saturated heterocycles. The molecular weight excluding hydrogens is 528 g/mol. The molecule has 0 bridgehead atoms. The summed E-state index contributed by atoms with van der Waals surface area (Å²) in [6, 6.07) is 9.99. The van der Waals surface area contributed by atoms with Crippen LogP contribution in [0.2, 0.25) is 0 Å². The first kappa shape index (κ1) is 29.5. The van der Waals surface area contributed by atoms with Crippen LogP contribution in [0.25, 0.3) is 11.3 Å². The summed E-state index contributed by atoms with van der Waals surface area (Å²) >= 11 is 0. The Hall–Kier alpha value is -3.98. The summed E-state index contributed by atoms with van der Waals surface area (Å²) < 4.78 is 7.43. The highest BCUT2D eigenvalue weighted by molar-refractivity contribution is 6.03. The maximum absolute atomic E-state index is 13.4. The van der Waals surface area contributed by atoms with Gasteiger partial charge in [-0.15, -0.1) is 0 Å². The molecule has 5 rings (SSSR count). The minimum atomic E-state index is -0.532. The van der Waals surface area contributed by atoms with Gasteiger partial charge in [0.05, 0.1) is 12.0 Å². The van der Waals surface area contributed by atoms with Crippen molar-refractivity contribution in [1.29, 1.82) is 0 Å². The first-order chi connectivity index (χ1) is 20.1. The quantitative estimate of drug-likeness (QED) is 0.347. The Bertz CT molecular complexity index is 1450. The highest BCUT2D eigenvalue weighted by atomic mass is 16.6. The lowest BCUT2D eigenvalue weighted by Crippen LogP contribution is -2.48. The lowest BCUT2D eigenvalue weighted by molar-refractivity contribution is 0.0470. The van der Waals surface area contributed by atoms with Crippen LogP contribution in [-0.2, 0) is 11.3 Å². The number of benzene rings is 1. The van der Waals surface area contributed by atoms with Crippen molar-refractivity contribution in [2.24, 2.45) is 0 Å². The van der Waals surface area contributed by atoms with Gasteiger partial charge in [-0.3, -0.25) is 14.7 Å². The fourth-order valence-corrected chi connectivity index (χ4v) is 5.65. The molecule has 0 unspecified atom stereocenters. The molecule has 222 valence electrons. The number of imidazole rings is 1. The van der Waals surface area contributed by atoms with Crippen LogP contribution in [0.5, 0.6) is 0 Å². The molecule has 1 aliphatic heterocycles. The van der Waals surface area contributed by atoms with Crippen LogP contribution in [0.1, 0.15) is 86.6 Å². The number of nitrogens with one attached hydrogen (secondary N) is 2. The third-order valence-corrected chi connectivity index (χ3v) is 7.53. The van der Waals surface area contributed by atoms with E-state index in [-0.39, 0.29) is 18.0 Å². The summed E-state index contributed by atoms with van der Waals surface area (Å²) in [7, 11) is 0. The number of piperidine rings is 1. The zero-order valence-corrected chi connectivity index (χ0v) is 25.2. The van der Waals surface area contributed by atoms with E-state index in [2.05, 4.69) is 37.6 Å². The third-order valence-electron chi connectivity index (χ3n) is 7.53. The number of pyridine rings is 1. The number of aromatic nitrogens is 3. The van der Waals surface area contributed by atoms with Crippen LogP contribution in [0.15, 0.2) is 55.1 Å². The number of alkyl carbamates (subject to hydrolysis) is 1. The highest BCUT2D eigenvalue weighted by Gasteiger charge is 2.24. The number of rotatable bonds is 7. The molecule has 0 radical (unpaired) electrons. The minimum absolute atomic E-state index is 0.0184. The van der Waals surface area contributed by atoms with Gasteiger partial charge in [0.25, 0.3) is 5.91 Å². The molecule has 1 atom stereocenters. The van der Waals surface area contributed by atoms with Gasteiger partial charge in [-0.25, -0.2) is 9.78 Å². The summed E-state index contributed by atoms with van der Waals surface area (Å²) in [6.45, 7) is 9.88. The number of allylic oxidation sites excluding steroid dienone is 2. The van der Waals surface area contributed by atoms with Gasteiger partial charge in [0.1, 0.15) is 11.3 Å². The van der Waals surface area contributed by atoms with Crippen molar-refractivity contribution >= 4 is 23.3 Å². The number of ether oxygens (including phenoxy) is 1. The van der Waals surface area contributed by atoms with Crippen molar-refractivity contribution in [3.8, 4) is 5.69 Å². The third kappa shape index (κ3) is 8.06. The molecule has 1 aliphatic carbocycles. The van der Waals surface area contributed by atoms with Crippen molar-refractivity contribution in [2.45, 2.75) is 84.4 Å². The van der Waals surface area contributed by atoms with Gasteiger partial charge in [0.2, 0.25) is 0 Å². The lowest BCUT2D eigenvalue weighted by Gasteiger charge is -2.33. The predicted molar refractivity (Wildman–Crippen MR) is 165 cm³/mol. The van der Waals surface area contributed by atoms with Crippen molar-refractivity contribution in [3.63, 3.8) is 0 Å². The standard InChI is InChI=1S/C33H42N6O3/c1-23-19-39(22-35-23)29-16-24(20-38-14-8-11-27(21-38)37-32(41)42-33(2,3)4)15-28(18-29)36-31(40)30-17-26(12-13-34-30)25-9-6-5-7-10-25/h9,12-13,15-19,22,27H,5-8,10-11,14,20-21H2,1-4H3,(H,36,40)(H,37,41)/t27-/m0/s1. The predicted octanol–water partition coefficient (Wildman–Crippen LogP) is 6.27. The fourth-order valence-electron chi connectivity index (χ4n) is 5.65. The molecule has 0 saturated carbocycles. The van der Waals surface area contributed by atoms with E-state index in [9.17, 15) is 9.59 Å². The van der Waals surface area contributed by atoms with E-state index < -0.39 is 5.60 Å². The first-order valence-corrected chi connectivity index (χ1v) is 14.9. The Labute approximate surface area is 248 Å². The van der Waals surface area contributed by atoms with E-state index in [1.807, 2.05) is 62.7 Å². The maximum Gasteiger partial charge on any atom is 0.407 e. The maximum atomic E-state index is 13.4. The van der Waals surface area contributed by atoms with Gasteiger partial charge in [0.15, 0.2) is 0 Å². The van der Waals surface area contributed by atoms with Gasteiger partial charge in [0, 0.05) is 42.9 Å². The van der Waals surface area contributed by atoms with E-state index in [1.54, 1.807) is 12.5 Å². The Morgan fingerprint density at radius 3 is 2.69 bits per heavy atom. The first-order valence-electron chi connectivity index (χ1n) is 14.9. The van der Waals surface area contributed by atoms with Crippen molar-refractivity contribution in [2.75, 3.05) is 18.4 Å². The van der Waals surface area contributed by atoms with E-state index in [1.165, 1.54) is 18.4 Å². The molecule has 2 aromatic heterocycles. The van der Waals surface area contributed by atoms with Crippen LogP contribution in [0, 0.1) is 6.92 Å². The molecule has 42 heavy (non-hydrogen) atoms. The van der Waals surface area contributed by atoms with E-state index in [0.29, 0.717) is 17.9 Å². The molecule has 2 N–H and O–H groups in total. The van der Waals surface area contributed by atoms with E-state index in [4.69, 9.17) is 4.74 Å². The number of nitrogens with zero attached hydrogens (tertiary/aromatic N) is 4. The van der Waals surface area contributed by atoms with Crippen molar-refractivity contribution in [1.82, 2.24) is 24.8 Å². The molecular formula is C33H42N6O3. The molecule has 2 aliphatic rings. The van der Waals surface area contributed by atoms with Crippen molar-refractivity contribution < 1.29 is 14.3 Å². The number of likely N-dealkylation sites (tertiary alicyclic amines) is 1. The summed E-state index contributed by atoms with van der Waals surface area (Å²) in [5, 5.41) is 6.12. The molecule has 2 amide bonds. The molecule has 3 heterocycles. The van der Waals surface area contributed by atoms with Crippen LogP contribution in [-0.4, -0.2) is 56.2 Å². The van der Waals surface area contributed by atoms with Crippen molar-refractivity contribution in [3.05, 3.63) is 77.6 Å². The molecule has 9 heteroatoms. The number of aryl methyl sites for hydroxylation is 1. The number of hydrogen-bond acceptors (Lipinski definition) is 6. The highest BCUT2D eigenvalue weighted by Crippen LogP contribution is 2.27. The van der Waals surface area contributed by atoms with Crippen LogP contribution < -0.4 is 10.6 Å². The van der Waals surface area contributed by atoms with Crippen LogP contribution >= 0.6 is 0 Å². The van der Waals surface area contributed by atoms with E-state index >= 15 is 0 Å². The number of carbonyl (C=O) groups is 2. The lowest BCUT2D eigenvalue weighted by atomic mass is 9.94. The molecule has 1 aromatic carbocycles. The Morgan fingerprint density at radius 2 is 1.95 bits per heavy atom. The van der Waals surface area contributed by atoms with Gasteiger partial charge in [-0.05, 0) is 120 Å². The van der Waals surface area contributed by atoms with Gasteiger partial charge < -0.3 is 19.9 Å². The van der Waals surface area contributed by atoms with Gasteiger partial charge in [-0.1, -0.05) is 6.08 Å². The normalized spacial score (nSPS) is 17.8. The SMILES string of the molecule is Cc1cn(-c2cc(CN3CCC[C@H](NC(=O)OC(C)(C)C)C3)cc(NC(=O)c3cc(C4=CCCCC4)ccn3)c2)cn1. The number of carbonyl (C=O) groups excluding carboxylic acids is 2. The Morgan fingerprint density at radius 1 is 1.10 bits per heavy atom. The number of amides is 2. The monoisotopic (exact) mass is 570 g/mol. The zero-order valence-electron chi connectivity index (χ0n) is 25.2. The fraction of sp³-hybridized carbons (Fsp3) is 0.455. The minimum Gasteiger partial charge on any atom is -0.444 e. The average Bonchev–Trinajstić information content (AvgIpc) is 3.39. The van der Waals surface area contributed by atoms with E-state index in [0.717, 1.165) is 61.3 Å². The van der Waals surface area contributed by atoms with Crippen LogP contribution in [0.3, 0.4) is 0 Å². The largest absolute Gasteiger partial charge is 0.444 e. The van der Waals surface area contributed by atoms with Gasteiger partial charge >= 0.3 is 6.09 Å². The summed E-state index contributed by atoms with van der Waals surface area (Å²) in [6.07, 6.45) is 13.8. The Kier molecular flexibility index (Phi) is 9.06. The summed E-state index contributed by atoms with van der Waals surface area (Å²) in [5.41, 5.74) is 5.81. The second-order valence-corrected chi connectivity index (χ2v) is 12.4.